The topological polar surface area (TPSA) is 12.0 Å². The highest BCUT2D eigenvalue weighted by Gasteiger charge is 2.35. The second-order valence-electron chi connectivity index (χ2n) is 5.16. The van der Waals surface area contributed by atoms with Crippen molar-refractivity contribution in [3.63, 3.8) is 0 Å². The minimum Gasteiger partial charge on any atom is -0.307 e. The predicted molar refractivity (Wildman–Crippen MR) is 67.7 cm³/mol. The zero-order valence-electron chi connectivity index (χ0n) is 9.45. The van der Waals surface area contributed by atoms with Crippen molar-refractivity contribution in [2.75, 3.05) is 0 Å². The maximum absolute atomic E-state index is 6.05. The van der Waals surface area contributed by atoms with Crippen molar-refractivity contribution in [3.8, 4) is 0 Å². The summed E-state index contributed by atoms with van der Waals surface area (Å²) in [5, 5.41) is 4.63. The molecule has 0 aromatic heterocycles. The molecule has 0 radical (unpaired) electrons. The summed E-state index contributed by atoms with van der Waals surface area (Å²) in [6, 6.07) is 9.61. The van der Waals surface area contributed by atoms with E-state index in [9.17, 15) is 0 Å². The molecule has 0 spiro atoms. The highest BCUT2D eigenvalue weighted by Crippen LogP contribution is 2.39. The first-order valence-corrected chi connectivity index (χ1v) is 6.72. The van der Waals surface area contributed by atoms with Gasteiger partial charge in [0.25, 0.3) is 0 Å². The van der Waals surface area contributed by atoms with E-state index in [0.717, 1.165) is 17.0 Å². The lowest BCUT2D eigenvalue weighted by atomic mass is 9.84. The Morgan fingerprint density at radius 1 is 1.19 bits per heavy atom. The fourth-order valence-electron chi connectivity index (χ4n) is 3.29. The normalized spacial score (nSPS) is 33.7. The molecular formula is C14H18ClN. The van der Waals surface area contributed by atoms with Crippen LogP contribution in [0.1, 0.15) is 43.7 Å². The van der Waals surface area contributed by atoms with E-state index >= 15 is 0 Å². The van der Waals surface area contributed by atoms with Gasteiger partial charge >= 0.3 is 0 Å². The Morgan fingerprint density at radius 3 is 2.88 bits per heavy atom. The molecule has 2 heteroatoms. The molecule has 0 amide bonds. The van der Waals surface area contributed by atoms with Gasteiger partial charge in [-0.25, -0.2) is 0 Å². The Bertz CT molecular complexity index is 363. The first-order valence-electron chi connectivity index (χ1n) is 6.34. The quantitative estimate of drug-likeness (QED) is 0.778. The van der Waals surface area contributed by atoms with E-state index in [0.29, 0.717) is 6.04 Å². The molecule has 1 aliphatic heterocycles. The van der Waals surface area contributed by atoms with E-state index in [2.05, 4.69) is 23.5 Å². The van der Waals surface area contributed by atoms with Gasteiger partial charge < -0.3 is 5.32 Å². The molecule has 1 heterocycles. The Kier molecular flexibility index (Phi) is 2.91. The van der Waals surface area contributed by atoms with Crippen molar-refractivity contribution in [1.82, 2.24) is 5.32 Å². The summed E-state index contributed by atoms with van der Waals surface area (Å²) in [5.41, 5.74) is 1.36. The summed E-state index contributed by atoms with van der Waals surface area (Å²) in [4.78, 5) is 0. The maximum Gasteiger partial charge on any atom is 0.0409 e. The van der Waals surface area contributed by atoms with Crippen LogP contribution in [0.5, 0.6) is 0 Å². The number of hydrogen-bond donors (Lipinski definition) is 1. The second-order valence-corrected chi connectivity index (χ2v) is 5.60. The summed E-state index contributed by atoms with van der Waals surface area (Å²) in [5.74, 6) is 0.901. The highest BCUT2D eigenvalue weighted by molar-refractivity contribution is 6.30. The molecule has 3 atom stereocenters. The molecule has 16 heavy (non-hydrogen) atoms. The molecule has 2 aliphatic rings. The van der Waals surface area contributed by atoms with E-state index in [-0.39, 0.29) is 0 Å². The lowest BCUT2D eigenvalue weighted by molar-refractivity contribution is 0.325. The molecule has 1 saturated heterocycles. The number of hydrogen-bond acceptors (Lipinski definition) is 1. The molecule has 1 aliphatic carbocycles. The summed E-state index contributed by atoms with van der Waals surface area (Å²) < 4.78 is 0. The third-order valence-electron chi connectivity index (χ3n) is 4.11. The van der Waals surface area contributed by atoms with Crippen LogP contribution < -0.4 is 5.32 Å². The van der Waals surface area contributed by atoms with Crippen molar-refractivity contribution >= 4 is 11.6 Å². The van der Waals surface area contributed by atoms with Crippen molar-refractivity contribution in [3.05, 3.63) is 34.9 Å². The van der Waals surface area contributed by atoms with Gasteiger partial charge in [0, 0.05) is 17.1 Å². The average molecular weight is 236 g/mol. The molecule has 1 N–H and O–H groups in total. The van der Waals surface area contributed by atoms with Gasteiger partial charge in [-0.15, -0.1) is 0 Å². The minimum absolute atomic E-state index is 0.534. The van der Waals surface area contributed by atoms with Crippen LogP contribution in [0.25, 0.3) is 0 Å². The molecule has 3 rings (SSSR count). The summed E-state index contributed by atoms with van der Waals surface area (Å²) in [6.45, 7) is 0. The predicted octanol–water partition coefficient (Wildman–Crippen LogP) is 3.93. The lowest BCUT2D eigenvalue weighted by Crippen LogP contribution is -2.30. The van der Waals surface area contributed by atoms with Gasteiger partial charge in [-0.1, -0.05) is 36.6 Å². The Balaban J connectivity index is 1.77. The first-order chi connectivity index (χ1) is 7.83. The summed E-state index contributed by atoms with van der Waals surface area (Å²) >= 11 is 6.05. The third-order valence-corrected chi connectivity index (χ3v) is 4.35. The van der Waals surface area contributed by atoms with Crippen molar-refractivity contribution < 1.29 is 0 Å². The Hall–Kier alpha value is -0.530. The molecule has 1 saturated carbocycles. The van der Waals surface area contributed by atoms with Crippen molar-refractivity contribution in [2.24, 2.45) is 5.92 Å². The van der Waals surface area contributed by atoms with Crippen LogP contribution in [0.2, 0.25) is 5.02 Å². The van der Waals surface area contributed by atoms with E-state index in [1.54, 1.807) is 0 Å². The van der Waals surface area contributed by atoms with Crippen molar-refractivity contribution in [1.29, 1.82) is 0 Å². The van der Waals surface area contributed by atoms with Gasteiger partial charge in [-0.05, 0) is 42.9 Å². The standard InChI is InChI=1S/C14H18ClN/c15-12-6-3-5-10(8-12)14-9-11-4-1-2-7-13(11)16-14/h3,5-6,8,11,13-14,16H,1-2,4,7,9H2. The SMILES string of the molecule is Clc1cccc(C2CC3CCCCC3N2)c1. The summed E-state index contributed by atoms with van der Waals surface area (Å²) in [7, 11) is 0. The third kappa shape index (κ3) is 1.99. The Morgan fingerprint density at radius 2 is 2.06 bits per heavy atom. The molecule has 0 bridgehead atoms. The zero-order chi connectivity index (χ0) is 11.0. The first kappa shape index (κ1) is 10.6. The second kappa shape index (κ2) is 4.38. The van der Waals surface area contributed by atoms with Crippen LogP contribution >= 0.6 is 11.6 Å². The monoisotopic (exact) mass is 235 g/mol. The molecule has 1 nitrogen and oxygen atoms in total. The molecule has 1 aromatic rings. The van der Waals surface area contributed by atoms with Crippen molar-refractivity contribution in [2.45, 2.75) is 44.2 Å². The van der Waals surface area contributed by atoms with Gasteiger partial charge in [0.15, 0.2) is 0 Å². The van der Waals surface area contributed by atoms with Crippen LogP contribution in [0.15, 0.2) is 24.3 Å². The average Bonchev–Trinajstić information content (AvgIpc) is 2.72. The van der Waals surface area contributed by atoms with E-state index in [1.165, 1.54) is 37.7 Å². The van der Waals surface area contributed by atoms with Gasteiger partial charge in [-0.3, -0.25) is 0 Å². The van der Waals surface area contributed by atoms with Crippen LogP contribution in [0.4, 0.5) is 0 Å². The highest BCUT2D eigenvalue weighted by atomic mass is 35.5. The number of fused-ring (bicyclic) bond motifs is 1. The van der Waals surface area contributed by atoms with Gasteiger partial charge in [-0.2, -0.15) is 0 Å². The number of benzene rings is 1. The molecule has 86 valence electrons. The zero-order valence-corrected chi connectivity index (χ0v) is 10.2. The smallest absolute Gasteiger partial charge is 0.0409 e. The fraction of sp³-hybridized carbons (Fsp3) is 0.571. The van der Waals surface area contributed by atoms with Gasteiger partial charge in [0.05, 0.1) is 0 Å². The van der Waals surface area contributed by atoms with Gasteiger partial charge in [0.2, 0.25) is 0 Å². The largest absolute Gasteiger partial charge is 0.307 e. The number of halogens is 1. The number of nitrogens with one attached hydrogen (secondary N) is 1. The molecule has 1 aromatic carbocycles. The maximum atomic E-state index is 6.05. The van der Waals surface area contributed by atoms with E-state index < -0.39 is 0 Å². The minimum atomic E-state index is 0.534. The number of rotatable bonds is 1. The Labute approximate surface area is 102 Å². The van der Waals surface area contributed by atoms with Crippen LogP contribution in [-0.2, 0) is 0 Å². The summed E-state index contributed by atoms with van der Waals surface area (Å²) in [6.07, 6.45) is 6.89. The van der Waals surface area contributed by atoms with Crippen LogP contribution in [-0.4, -0.2) is 6.04 Å². The molecule has 3 unspecified atom stereocenters. The fourth-order valence-corrected chi connectivity index (χ4v) is 3.49. The molecule has 2 fully saturated rings. The van der Waals surface area contributed by atoms with E-state index in [4.69, 9.17) is 11.6 Å². The van der Waals surface area contributed by atoms with E-state index in [1.807, 2.05) is 6.07 Å². The van der Waals surface area contributed by atoms with Gasteiger partial charge in [0.1, 0.15) is 0 Å². The molecular weight excluding hydrogens is 218 g/mol. The lowest BCUT2D eigenvalue weighted by Gasteiger charge is -2.24. The van der Waals surface area contributed by atoms with Crippen LogP contribution in [0.3, 0.4) is 0 Å². The van der Waals surface area contributed by atoms with Crippen LogP contribution in [0, 0.1) is 5.92 Å².